The fraction of sp³-hybridized carbons (Fsp3) is 0.278. The average molecular weight is 268 g/mol. The highest BCUT2D eigenvalue weighted by atomic mass is 16.5. The van der Waals surface area contributed by atoms with Crippen molar-refractivity contribution >= 4 is 6.29 Å². The normalized spacial score (nSPS) is 11.2. The summed E-state index contributed by atoms with van der Waals surface area (Å²) in [5, 5.41) is 0. The van der Waals surface area contributed by atoms with E-state index in [1.807, 2.05) is 12.1 Å². The van der Waals surface area contributed by atoms with Gasteiger partial charge in [0.2, 0.25) is 0 Å². The molecule has 0 spiro atoms. The van der Waals surface area contributed by atoms with Crippen LogP contribution in [0.3, 0.4) is 0 Å². The van der Waals surface area contributed by atoms with Crippen LogP contribution in [0.25, 0.3) is 0 Å². The van der Waals surface area contributed by atoms with E-state index >= 15 is 0 Å². The maximum atomic E-state index is 10.6. The van der Waals surface area contributed by atoms with E-state index in [1.165, 1.54) is 5.56 Å². The summed E-state index contributed by atoms with van der Waals surface area (Å²) in [7, 11) is 0. The van der Waals surface area contributed by atoms with Crippen LogP contribution in [0.2, 0.25) is 0 Å². The van der Waals surface area contributed by atoms with Gasteiger partial charge in [-0.05, 0) is 40.8 Å². The Bertz CT molecular complexity index is 560. The molecule has 0 saturated heterocycles. The van der Waals surface area contributed by atoms with Gasteiger partial charge in [-0.2, -0.15) is 0 Å². The molecule has 2 rings (SSSR count). The maximum Gasteiger partial charge on any atom is 0.150 e. The van der Waals surface area contributed by atoms with E-state index in [-0.39, 0.29) is 5.41 Å². The largest absolute Gasteiger partial charge is 0.489 e. The molecule has 0 N–H and O–H groups in total. The van der Waals surface area contributed by atoms with Crippen LogP contribution in [0.1, 0.15) is 42.3 Å². The van der Waals surface area contributed by atoms with Gasteiger partial charge in [0.15, 0.2) is 0 Å². The van der Waals surface area contributed by atoms with Gasteiger partial charge in [-0.25, -0.2) is 0 Å². The molecule has 2 heteroatoms. The second-order valence-corrected chi connectivity index (χ2v) is 5.92. The zero-order chi connectivity index (χ0) is 14.6. The van der Waals surface area contributed by atoms with Crippen LogP contribution in [-0.2, 0) is 12.0 Å². The van der Waals surface area contributed by atoms with E-state index in [0.717, 1.165) is 17.6 Å². The fourth-order valence-corrected chi connectivity index (χ4v) is 1.91. The molecule has 0 heterocycles. The van der Waals surface area contributed by atoms with Crippen LogP contribution in [-0.4, -0.2) is 6.29 Å². The predicted octanol–water partition coefficient (Wildman–Crippen LogP) is 4.38. The molecule has 20 heavy (non-hydrogen) atoms. The summed E-state index contributed by atoms with van der Waals surface area (Å²) in [6, 6.07) is 15.6. The molecule has 0 aromatic heterocycles. The van der Waals surface area contributed by atoms with Gasteiger partial charge in [0, 0.05) is 5.56 Å². The van der Waals surface area contributed by atoms with Crippen LogP contribution >= 0.6 is 0 Å². The number of carbonyl (C=O) groups is 1. The molecule has 2 aromatic carbocycles. The summed E-state index contributed by atoms with van der Waals surface area (Å²) in [6.45, 7) is 7.14. The highest BCUT2D eigenvalue weighted by molar-refractivity contribution is 5.74. The molecule has 0 aliphatic heterocycles. The van der Waals surface area contributed by atoms with Crippen molar-refractivity contribution in [3.63, 3.8) is 0 Å². The van der Waals surface area contributed by atoms with Gasteiger partial charge in [0.25, 0.3) is 0 Å². The number of carbonyl (C=O) groups excluding carboxylic acids is 1. The number of aldehydes is 1. The van der Waals surface area contributed by atoms with E-state index < -0.39 is 0 Å². The lowest BCUT2D eigenvalue weighted by Crippen LogP contribution is -2.10. The number of benzene rings is 2. The lowest BCUT2D eigenvalue weighted by molar-refractivity contribution is 0.112. The molecule has 0 atom stereocenters. The van der Waals surface area contributed by atoms with Gasteiger partial charge in [0.1, 0.15) is 18.6 Å². The zero-order valence-electron chi connectivity index (χ0n) is 12.2. The lowest BCUT2D eigenvalue weighted by atomic mass is 9.87. The van der Waals surface area contributed by atoms with Crippen molar-refractivity contribution in [2.24, 2.45) is 0 Å². The van der Waals surface area contributed by atoms with Crippen molar-refractivity contribution in [2.45, 2.75) is 32.8 Å². The second-order valence-electron chi connectivity index (χ2n) is 5.92. The quantitative estimate of drug-likeness (QED) is 0.769. The van der Waals surface area contributed by atoms with Crippen molar-refractivity contribution in [3.8, 4) is 5.75 Å². The SMILES string of the molecule is CC(C)(C)c1ccc(COc2ccc(C=O)cc2)cc1. The number of ether oxygens (including phenoxy) is 1. The molecule has 0 saturated carbocycles. The predicted molar refractivity (Wildman–Crippen MR) is 81.3 cm³/mol. The molecule has 2 nitrogen and oxygen atoms in total. The minimum absolute atomic E-state index is 0.171. The van der Waals surface area contributed by atoms with Gasteiger partial charge in [-0.3, -0.25) is 4.79 Å². The fourth-order valence-electron chi connectivity index (χ4n) is 1.91. The van der Waals surface area contributed by atoms with E-state index in [2.05, 4.69) is 45.0 Å². The van der Waals surface area contributed by atoms with Gasteiger partial charge in [-0.1, -0.05) is 45.0 Å². The molecule has 0 radical (unpaired) electrons. The Hall–Kier alpha value is -2.09. The molecular weight excluding hydrogens is 248 g/mol. The highest BCUT2D eigenvalue weighted by Crippen LogP contribution is 2.22. The van der Waals surface area contributed by atoms with Crippen LogP contribution < -0.4 is 4.74 Å². The zero-order valence-corrected chi connectivity index (χ0v) is 12.2. The third-order valence-electron chi connectivity index (χ3n) is 3.24. The van der Waals surface area contributed by atoms with E-state index in [1.54, 1.807) is 12.1 Å². The molecule has 0 amide bonds. The first kappa shape index (κ1) is 14.3. The van der Waals surface area contributed by atoms with E-state index in [4.69, 9.17) is 4.74 Å². The van der Waals surface area contributed by atoms with Gasteiger partial charge < -0.3 is 4.74 Å². The molecule has 0 bridgehead atoms. The van der Waals surface area contributed by atoms with Crippen molar-refractivity contribution in [1.29, 1.82) is 0 Å². The lowest BCUT2D eigenvalue weighted by Gasteiger charge is -2.19. The summed E-state index contributed by atoms with van der Waals surface area (Å²) in [5.74, 6) is 0.774. The number of hydrogen-bond donors (Lipinski definition) is 0. The number of rotatable bonds is 4. The van der Waals surface area contributed by atoms with Crippen molar-refractivity contribution in [3.05, 3.63) is 65.2 Å². The molecule has 0 fully saturated rings. The van der Waals surface area contributed by atoms with Crippen LogP contribution in [0.15, 0.2) is 48.5 Å². The Kier molecular flexibility index (Phi) is 4.23. The average Bonchev–Trinajstić information content (AvgIpc) is 2.45. The maximum absolute atomic E-state index is 10.6. The Morgan fingerprint density at radius 3 is 2.05 bits per heavy atom. The summed E-state index contributed by atoms with van der Waals surface area (Å²) >= 11 is 0. The van der Waals surface area contributed by atoms with Gasteiger partial charge >= 0.3 is 0 Å². The van der Waals surface area contributed by atoms with Crippen molar-refractivity contribution in [1.82, 2.24) is 0 Å². The summed E-state index contributed by atoms with van der Waals surface area (Å²) in [4.78, 5) is 10.6. The number of hydrogen-bond acceptors (Lipinski definition) is 2. The Morgan fingerprint density at radius 2 is 1.55 bits per heavy atom. The minimum atomic E-state index is 0.171. The van der Waals surface area contributed by atoms with E-state index in [9.17, 15) is 4.79 Å². The third kappa shape index (κ3) is 3.70. The van der Waals surface area contributed by atoms with Crippen LogP contribution in [0.4, 0.5) is 0 Å². The molecule has 0 aliphatic rings. The first-order valence-electron chi connectivity index (χ1n) is 6.76. The van der Waals surface area contributed by atoms with Crippen molar-refractivity contribution in [2.75, 3.05) is 0 Å². The molecule has 0 aliphatic carbocycles. The smallest absolute Gasteiger partial charge is 0.150 e. The standard InChI is InChI=1S/C18H20O2/c1-18(2,3)16-8-4-15(5-9-16)13-20-17-10-6-14(12-19)7-11-17/h4-12H,13H2,1-3H3. The Balaban J connectivity index is 1.98. The summed E-state index contributed by atoms with van der Waals surface area (Å²) < 4.78 is 5.70. The molecule has 2 aromatic rings. The van der Waals surface area contributed by atoms with Crippen LogP contribution in [0, 0.1) is 0 Å². The first-order valence-corrected chi connectivity index (χ1v) is 6.76. The molecule has 104 valence electrons. The monoisotopic (exact) mass is 268 g/mol. The first-order chi connectivity index (χ1) is 9.49. The van der Waals surface area contributed by atoms with Crippen molar-refractivity contribution < 1.29 is 9.53 Å². The summed E-state index contributed by atoms with van der Waals surface area (Å²) in [6.07, 6.45) is 0.828. The topological polar surface area (TPSA) is 26.3 Å². The third-order valence-corrected chi connectivity index (χ3v) is 3.24. The second kappa shape index (κ2) is 5.91. The van der Waals surface area contributed by atoms with Gasteiger partial charge in [0.05, 0.1) is 0 Å². The van der Waals surface area contributed by atoms with E-state index in [0.29, 0.717) is 12.2 Å². The van der Waals surface area contributed by atoms with Gasteiger partial charge in [-0.15, -0.1) is 0 Å². The summed E-state index contributed by atoms with van der Waals surface area (Å²) in [5.41, 5.74) is 3.28. The van der Waals surface area contributed by atoms with Crippen LogP contribution in [0.5, 0.6) is 5.75 Å². The molecular formula is C18H20O2. The highest BCUT2D eigenvalue weighted by Gasteiger charge is 2.12. The minimum Gasteiger partial charge on any atom is -0.489 e. The Morgan fingerprint density at radius 1 is 0.950 bits per heavy atom. The Labute approximate surface area is 120 Å². The molecule has 0 unspecified atom stereocenters.